The second-order valence-electron chi connectivity index (χ2n) is 3.87. The highest BCUT2D eigenvalue weighted by Crippen LogP contribution is 2.37. The van der Waals surface area contributed by atoms with E-state index in [2.05, 4.69) is 4.74 Å². The standard InChI is InChI=1S/C12H12Cl2O4/c1-6-17-10(11(18-6)12(15)16-2)8-4-3-7(13)5-9(8)14/h3-6,10-11H,1-2H3/t6?,10-,11?/m1/s1. The van der Waals surface area contributed by atoms with Crippen molar-refractivity contribution in [1.82, 2.24) is 0 Å². The van der Waals surface area contributed by atoms with Gasteiger partial charge in [0.1, 0.15) is 6.10 Å². The molecule has 0 spiro atoms. The van der Waals surface area contributed by atoms with Crippen LogP contribution in [0, 0.1) is 0 Å². The van der Waals surface area contributed by atoms with Crippen LogP contribution in [0.25, 0.3) is 0 Å². The first-order valence-electron chi connectivity index (χ1n) is 5.36. The first kappa shape index (κ1) is 13.6. The molecule has 0 aliphatic carbocycles. The molecule has 98 valence electrons. The Balaban J connectivity index is 2.32. The van der Waals surface area contributed by atoms with Gasteiger partial charge in [-0.3, -0.25) is 0 Å². The van der Waals surface area contributed by atoms with Crippen molar-refractivity contribution in [3.05, 3.63) is 33.8 Å². The minimum atomic E-state index is -0.816. The highest BCUT2D eigenvalue weighted by molar-refractivity contribution is 6.35. The molecule has 18 heavy (non-hydrogen) atoms. The third kappa shape index (κ3) is 2.62. The van der Waals surface area contributed by atoms with Crippen molar-refractivity contribution in [2.24, 2.45) is 0 Å². The number of methoxy groups -OCH3 is 1. The zero-order chi connectivity index (χ0) is 13.3. The van der Waals surface area contributed by atoms with Gasteiger partial charge in [-0.1, -0.05) is 29.3 Å². The summed E-state index contributed by atoms with van der Waals surface area (Å²) in [6.45, 7) is 1.71. The molecule has 0 radical (unpaired) electrons. The number of benzene rings is 1. The smallest absolute Gasteiger partial charge is 0.338 e. The lowest BCUT2D eigenvalue weighted by molar-refractivity contribution is -0.153. The first-order chi connectivity index (χ1) is 8.52. The van der Waals surface area contributed by atoms with Gasteiger partial charge in [0.2, 0.25) is 0 Å². The molecule has 0 saturated carbocycles. The van der Waals surface area contributed by atoms with Gasteiger partial charge in [0.05, 0.1) is 7.11 Å². The lowest BCUT2D eigenvalue weighted by Crippen LogP contribution is -2.27. The Morgan fingerprint density at radius 1 is 1.33 bits per heavy atom. The van der Waals surface area contributed by atoms with Crippen molar-refractivity contribution in [3.8, 4) is 0 Å². The molecule has 1 fully saturated rings. The van der Waals surface area contributed by atoms with Gasteiger partial charge in [0.25, 0.3) is 0 Å². The Bertz CT molecular complexity index is 463. The second-order valence-corrected chi connectivity index (χ2v) is 4.71. The van der Waals surface area contributed by atoms with E-state index in [1.165, 1.54) is 7.11 Å². The second kappa shape index (κ2) is 5.45. The predicted molar refractivity (Wildman–Crippen MR) is 66.6 cm³/mol. The molecule has 0 N–H and O–H groups in total. The van der Waals surface area contributed by atoms with Gasteiger partial charge in [-0.2, -0.15) is 0 Å². The van der Waals surface area contributed by atoms with E-state index in [0.717, 1.165) is 0 Å². The monoisotopic (exact) mass is 290 g/mol. The Kier molecular flexibility index (Phi) is 4.12. The molecule has 2 unspecified atom stereocenters. The number of hydrogen-bond acceptors (Lipinski definition) is 4. The molecule has 0 bridgehead atoms. The fraction of sp³-hybridized carbons (Fsp3) is 0.417. The van der Waals surface area contributed by atoms with E-state index in [0.29, 0.717) is 15.6 Å². The maximum Gasteiger partial charge on any atom is 0.338 e. The van der Waals surface area contributed by atoms with Crippen LogP contribution in [0.5, 0.6) is 0 Å². The molecule has 1 aliphatic heterocycles. The molecule has 3 atom stereocenters. The van der Waals surface area contributed by atoms with Crippen LogP contribution in [0.4, 0.5) is 0 Å². The lowest BCUT2D eigenvalue weighted by Gasteiger charge is -2.16. The molecule has 6 heteroatoms. The van der Waals surface area contributed by atoms with Gasteiger partial charge in [0, 0.05) is 15.6 Å². The van der Waals surface area contributed by atoms with Crippen molar-refractivity contribution in [1.29, 1.82) is 0 Å². The van der Waals surface area contributed by atoms with Gasteiger partial charge in [-0.15, -0.1) is 0 Å². The molecule has 1 aromatic carbocycles. The fourth-order valence-corrected chi connectivity index (χ4v) is 2.37. The van der Waals surface area contributed by atoms with E-state index in [4.69, 9.17) is 32.7 Å². The average Bonchev–Trinajstić information content (AvgIpc) is 2.70. The van der Waals surface area contributed by atoms with E-state index >= 15 is 0 Å². The quantitative estimate of drug-likeness (QED) is 0.786. The zero-order valence-corrected chi connectivity index (χ0v) is 11.4. The highest BCUT2D eigenvalue weighted by atomic mass is 35.5. The van der Waals surface area contributed by atoms with Crippen LogP contribution in [0.1, 0.15) is 18.6 Å². The highest BCUT2D eigenvalue weighted by Gasteiger charge is 2.41. The normalized spacial score (nSPS) is 27.2. The third-order valence-corrected chi connectivity index (χ3v) is 3.22. The van der Waals surface area contributed by atoms with Crippen molar-refractivity contribution in [2.75, 3.05) is 7.11 Å². The van der Waals surface area contributed by atoms with Crippen molar-refractivity contribution in [2.45, 2.75) is 25.4 Å². The number of ether oxygens (including phenoxy) is 3. The van der Waals surface area contributed by atoms with Crippen molar-refractivity contribution >= 4 is 29.2 Å². The number of rotatable bonds is 2. The van der Waals surface area contributed by atoms with E-state index in [-0.39, 0.29) is 0 Å². The van der Waals surface area contributed by atoms with Crippen molar-refractivity contribution in [3.63, 3.8) is 0 Å². The number of esters is 1. The van der Waals surface area contributed by atoms with Gasteiger partial charge in [-0.05, 0) is 19.1 Å². The minimum Gasteiger partial charge on any atom is -0.467 e. The number of carbonyl (C=O) groups excluding carboxylic acids is 1. The van der Waals surface area contributed by atoms with Gasteiger partial charge >= 0.3 is 5.97 Å². The first-order valence-corrected chi connectivity index (χ1v) is 6.12. The number of hydrogen-bond donors (Lipinski definition) is 0. The van der Waals surface area contributed by atoms with Gasteiger partial charge < -0.3 is 14.2 Å². The molecular weight excluding hydrogens is 279 g/mol. The molecule has 0 amide bonds. The molecule has 1 aliphatic rings. The third-order valence-electron chi connectivity index (χ3n) is 2.65. The molecule has 1 saturated heterocycles. The van der Waals surface area contributed by atoms with Crippen LogP contribution in [0.15, 0.2) is 18.2 Å². The topological polar surface area (TPSA) is 44.8 Å². The van der Waals surface area contributed by atoms with Crippen LogP contribution < -0.4 is 0 Å². The Morgan fingerprint density at radius 2 is 2.06 bits per heavy atom. The largest absolute Gasteiger partial charge is 0.467 e. The molecular formula is C12H12Cl2O4. The fourth-order valence-electron chi connectivity index (χ4n) is 1.85. The Labute approximate surface area is 115 Å². The zero-order valence-electron chi connectivity index (χ0n) is 9.85. The number of halogens is 2. The minimum absolute atomic E-state index is 0.430. The molecule has 0 aromatic heterocycles. The van der Waals surface area contributed by atoms with Crippen LogP contribution in [-0.2, 0) is 19.0 Å². The van der Waals surface area contributed by atoms with E-state index in [1.54, 1.807) is 25.1 Å². The Hall–Kier alpha value is -0.810. The van der Waals surface area contributed by atoms with Gasteiger partial charge in [0.15, 0.2) is 12.4 Å². The summed E-state index contributed by atoms with van der Waals surface area (Å²) in [6.07, 6.45) is -1.90. The van der Waals surface area contributed by atoms with E-state index in [1.807, 2.05) is 0 Å². The maximum atomic E-state index is 11.6. The molecule has 1 heterocycles. The maximum absolute atomic E-state index is 11.6. The summed E-state index contributed by atoms with van der Waals surface area (Å²) < 4.78 is 15.6. The summed E-state index contributed by atoms with van der Waals surface area (Å²) in [6, 6.07) is 5.00. The summed E-state index contributed by atoms with van der Waals surface area (Å²) in [5, 5.41) is 0.949. The summed E-state index contributed by atoms with van der Waals surface area (Å²) in [5.41, 5.74) is 0.654. The molecule has 4 nitrogen and oxygen atoms in total. The summed E-state index contributed by atoms with van der Waals surface area (Å²) in [4.78, 5) is 11.6. The lowest BCUT2D eigenvalue weighted by atomic mass is 10.0. The van der Waals surface area contributed by atoms with Crippen LogP contribution in [0.3, 0.4) is 0 Å². The van der Waals surface area contributed by atoms with Gasteiger partial charge in [-0.25, -0.2) is 4.79 Å². The molecule has 2 rings (SSSR count). The number of carbonyl (C=O) groups is 1. The average molecular weight is 291 g/mol. The van der Waals surface area contributed by atoms with Crippen LogP contribution in [-0.4, -0.2) is 25.5 Å². The summed E-state index contributed by atoms with van der Waals surface area (Å²) >= 11 is 11.9. The Morgan fingerprint density at radius 3 is 2.67 bits per heavy atom. The molecule has 1 aromatic rings. The SMILES string of the molecule is COC(=O)C1OC(C)O[C@@H]1c1ccc(Cl)cc1Cl. The predicted octanol–water partition coefficient (Wildman–Crippen LogP) is 2.97. The summed E-state index contributed by atoms with van der Waals surface area (Å²) in [5.74, 6) is -0.490. The summed E-state index contributed by atoms with van der Waals surface area (Å²) in [7, 11) is 1.30. The van der Waals surface area contributed by atoms with Crippen LogP contribution in [0.2, 0.25) is 10.0 Å². The van der Waals surface area contributed by atoms with Crippen LogP contribution >= 0.6 is 23.2 Å². The van der Waals surface area contributed by atoms with E-state index in [9.17, 15) is 4.79 Å². The van der Waals surface area contributed by atoms with E-state index < -0.39 is 24.5 Å². The van der Waals surface area contributed by atoms with Crippen molar-refractivity contribution < 1.29 is 19.0 Å².